The van der Waals surface area contributed by atoms with Gasteiger partial charge in [-0.05, 0) is 13.3 Å². The molecular formula is C12H18N4O2S. The van der Waals surface area contributed by atoms with Gasteiger partial charge in [-0.1, -0.05) is 0 Å². The summed E-state index contributed by atoms with van der Waals surface area (Å²) in [5.41, 5.74) is 6.37. The van der Waals surface area contributed by atoms with E-state index in [-0.39, 0.29) is 11.6 Å². The van der Waals surface area contributed by atoms with Gasteiger partial charge in [-0.25, -0.2) is 0 Å². The third kappa shape index (κ3) is 3.84. The molecule has 1 heterocycles. The summed E-state index contributed by atoms with van der Waals surface area (Å²) >= 11 is 1.20. The van der Waals surface area contributed by atoms with E-state index >= 15 is 0 Å². The first-order chi connectivity index (χ1) is 9.15. The first kappa shape index (κ1) is 15.3. The van der Waals surface area contributed by atoms with Crippen LogP contribution in [0.25, 0.3) is 0 Å². The summed E-state index contributed by atoms with van der Waals surface area (Å²) in [4.78, 5) is 12.0. The normalized spacial score (nSPS) is 9.95. The number of nitrogens with two attached hydrogens (primary N) is 1. The van der Waals surface area contributed by atoms with Crippen molar-refractivity contribution in [3.63, 3.8) is 0 Å². The average Bonchev–Trinajstić information content (AvgIpc) is 2.74. The molecule has 1 rings (SSSR count). The molecule has 1 amide bonds. The molecule has 1 aromatic rings. The van der Waals surface area contributed by atoms with Crippen LogP contribution in [0.3, 0.4) is 0 Å². The van der Waals surface area contributed by atoms with Crippen LogP contribution in [0, 0.1) is 11.3 Å². The van der Waals surface area contributed by atoms with E-state index in [4.69, 9.17) is 15.7 Å². The number of anilines is 2. The Morgan fingerprint density at radius 2 is 2.32 bits per heavy atom. The van der Waals surface area contributed by atoms with Gasteiger partial charge in [0.05, 0.1) is 5.69 Å². The summed E-state index contributed by atoms with van der Waals surface area (Å²) in [6.07, 6.45) is 0.825. The summed E-state index contributed by atoms with van der Waals surface area (Å²) < 4.78 is 5.22. The Hall–Kier alpha value is -1.78. The molecule has 0 bridgehead atoms. The summed E-state index contributed by atoms with van der Waals surface area (Å²) in [6.45, 7) is 3.96. The Morgan fingerprint density at radius 1 is 1.58 bits per heavy atom. The van der Waals surface area contributed by atoms with Gasteiger partial charge in [0.2, 0.25) is 0 Å². The van der Waals surface area contributed by atoms with Crippen molar-refractivity contribution in [1.82, 2.24) is 5.32 Å². The highest BCUT2D eigenvalue weighted by Gasteiger charge is 2.19. The monoisotopic (exact) mass is 282 g/mol. The maximum absolute atomic E-state index is 11.6. The van der Waals surface area contributed by atoms with Crippen molar-refractivity contribution in [2.75, 3.05) is 37.9 Å². The third-order valence-corrected chi connectivity index (χ3v) is 3.61. The number of carbonyl (C=O) groups is 1. The van der Waals surface area contributed by atoms with Crippen molar-refractivity contribution < 1.29 is 9.53 Å². The minimum atomic E-state index is -0.277. The van der Waals surface area contributed by atoms with E-state index < -0.39 is 0 Å². The molecule has 4 N–H and O–H groups in total. The number of thiophene rings is 1. The van der Waals surface area contributed by atoms with Crippen LogP contribution < -0.4 is 16.4 Å². The van der Waals surface area contributed by atoms with Gasteiger partial charge < -0.3 is 21.1 Å². The summed E-state index contributed by atoms with van der Waals surface area (Å²) in [5, 5.41) is 15.3. The van der Waals surface area contributed by atoms with E-state index in [1.54, 1.807) is 0 Å². The molecule has 0 unspecified atom stereocenters. The molecule has 0 saturated carbocycles. The van der Waals surface area contributed by atoms with Gasteiger partial charge in [0, 0.05) is 26.8 Å². The number of nitriles is 1. The van der Waals surface area contributed by atoms with Gasteiger partial charge in [-0.15, -0.1) is 11.3 Å². The number of ether oxygens (including phenoxy) is 1. The highest BCUT2D eigenvalue weighted by Crippen LogP contribution is 2.34. The fourth-order valence-electron chi connectivity index (χ4n) is 1.48. The Bertz CT molecular complexity index is 479. The minimum Gasteiger partial charge on any atom is -0.396 e. The Balaban J connectivity index is 2.73. The van der Waals surface area contributed by atoms with Gasteiger partial charge in [-0.2, -0.15) is 5.26 Å². The molecule has 0 aliphatic rings. The molecule has 19 heavy (non-hydrogen) atoms. The van der Waals surface area contributed by atoms with Gasteiger partial charge in [0.1, 0.15) is 21.5 Å². The van der Waals surface area contributed by atoms with Crippen molar-refractivity contribution in [3.8, 4) is 6.07 Å². The number of rotatable bonds is 7. The predicted octanol–water partition coefficient (Wildman–Crippen LogP) is 1.40. The molecule has 0 aromatic carbocycles. The lowest BCUT2D eigenvalue weighted by molar-refractivity contribution is 0.0968. The van der Waals surface area contributed by atoms with Crippen LogP contribution in [-0.4, -0.2) is 32.7 Å². The van der Waals surface area contributed by atoms with Crippen LogP contribution in [0.15, 0.2) is 0 Å². The number of amides is 1. The SMILES string of the molecule is CCOCCCNc1sc(C(=O)NC)c(N)c1C#N. The molecule has 0 spiro atoms. The lowest BCUT2D eigenvalue weighted by atomic mass is 10.2. The van der Waals surface area contributed by atoms with Crippen LogP contribution in [-0.2, 0) is 4.74 Å². The molecule has 0 atom stereocenters. The second-order valence-corrected chi connectivity index (χ2v) is 4.74. The molecule has 0 aliphatic carbocycles. The minimum absolute atomic E-state index is 0.235. The summed E-state index contributed by atoms with van der Waals surface area (Å²) in [6, 6.07) is 2.03. The molecule has 104 valence electrons. The number of nitrogen functional groups attached to an aromatic ring is 1. The van der Waals surface area contributed by atoms with E-state index in [9.17, 15) is 4.79 Å². The van der Waals surface area contributed by atoms with Crippen molar-refractivity contribution in [1.29, 1.82) is 5.26 Å². The molecule has 0 saturated heterocycles. The van der Waals surface area contributed by atoms with Crippen LogP contribution in [0.1, 0.15) is 28.6 Å². The van der Waals surface area contributed by atoms with E-state index in [0.717, 1.165) is 6.42 Å². The standard InChI is InChI=1S/C12H18N4O2S/c1-3-18-6-4-5-16-12-8(7-13)9(14)10(19-12)11(17)15-2/h16H,3-6,14H2,1-2H3,(H,15,17). The lowest BCUT2D eigenvalue weighted by Gasteiger charge is -2.04. The van der Waals surface area contributed by atoms with E-state index in [1.807, 2.05) is 13.0 Å². The zero-order valence-corrected chi connectivity index (χ0v) is 11.9. The second-order valence-electron chi connectivity index (χ2n) is 3.72. The van der Waals surface area contributed by atoms with Crippen molar-refractivity contribution >= 4 is 27.9 Å². The molecule has 1 aromatic heterocycles. The topological polar surface area (TPSA) is 100 Å². The van der Waals surface area contributed by atoms with E-state index in [2.05, 4.69) is 10.6 Å². The summed E-state index contributed by atoms with van der Waals surface area (Å²) in [7, 11) is 1.53. The Kier molecular flexibility index (Phi) is 6.12. The Labute approximate surface area is 116 Å². The Morgan fingerprint density at radius 3 is 2.89 bits per heavy atom. The zero-order chi connectivity index (χ0) is 14.3. The largest absolute Gasteiger partial charge is 0.396 e. The van der Waals surface area contributed by atoms with Crippen molar-refractivity contribution in [3.05, 3.63) is 10.4 Å². The summed E-state index contributed by atoms with van der Waals surface area (Å²) in [5.74, 6) is -0.277. The van der Waals surface area contributed by atoms with Crippen LogP contribution in [0.4, 0.5) is 10.7 Å². The number of carbonyl (C=O) groups excluding carboxylic acids is 1. The smallest absolute Gasteiger partial charge is 0.263 e. The van der Waals surface area contributed by atoms with Gasteiger partial charge >= 0.3 is 0 Å². The van der Waals surface area contributed by atoms with Crippen LogP contribution in [0.5, 0.6) is 0 Å². The second kappa shape index (κ2) is 7.61. The van der Waals surface area contributed by atoms with Gasteiger partial charge in [-0.3, -0.25) is 4.79 Å². The molecule has 7 heteroatoms. The van der Waals surface area contributed by atoms with Crippen molar-refractivity contribution in [2.45, 2.75) is 13.3 Å². The first-order valence-electron chi connectivity index (χ1n) is 6.01. The maximum Gasteiger partial charge on any atom is 0.263 e. The predicted molar refractivity (Wildman–Crippen MR) is 76.4 cm³/mol. The van der Waals surface area contributed by atoms with Crippen LogP contribution >= 0.6 is 11.3 Å². The number of nitrogens with zero attached hydrogens (tertiary/aromatic N) is 1. The molecule has 0 fully saturated rings. The fourth-order valence-corrected chi connectivity index (χ4v) is 2.52. The average molecular weight is 282 g/mol. The number of hydrogen-bond donors (Lipinski definition) is 3. The molecule has 0 aliphatic heterocycles. The van der Waals surface area contributed by atoms with E-state index in [1.165, 1.54) is 18.4 Å². The van der Waals surface area contributed by atoms with Crippen LogP contribution in [0.2, 0.25) is 0 Å². The number of hydrogen-bond acceptors (Lipinski definition) is 6. The molecule has 6 nitrogen and oxygen atoms in total. The first-order valence-corrected chi connectivity index (χ1v) is 6.83. The zero-order valence-electron chi connectivity index (χ0n) is 11.1. The number of nitrogens with one attached hydrogen (secondary N) is 2. The molecule has 0 radical (unpaired) electrons. The fraction of sp³-hybridized carbons (Fsp3) is 0.500. The van der Waals surface area contributed by atoms with Crippen molar-refractivity contribution in [2.24, 2.45) is 0 Å². The van der Waals surface area contributed by atoms with Gasteiger partial charge in [0.25, 0.3) is 5.91 Å². The highest BCUT2D eigenvalue weighted by molar-refractivity contribution is 7.18. The quantitative estimate of drug-likeness (QED) is 0.656. The maximum atomic E-state index is 11.6. The lowest BCUT2D eigenvalue weighted by Crippen LogP contribution is -2.17. The van der Waals surface area contributed by atoms with Gasteiger partial charge in [0.15, 0.2) is 0 Å². The van der Waals surface area contributed by atoms with E-state index in [0.29, 0.717) is 35.2 Å². The molecular weight excluding hydrogens is 264 g/mol. The highest BCUT2D eigenvalue weighted by atomic mass is 32.1. The third-order valence-electron chi connectivity index (χ3n) is 2.45.